The maximum atomic E-state index is 12.6. The highest BCUT2D eigenvalue weighted by Crippen LogP contribution is 2.39. The Morgan fingerprint density at radius 3 is 2.52 bits per heavy atom. The Labute approximate surface area is 166 Å². The molecule has 1 fully saturated rings. The second kappa shape index (κ2) is 7.15. The van der Waals surface area contributed by atoms with Crippen molar-refractivity contribution in [2.24, 2.45) is 11.3 Å². The van der Waals surface area contributed by atoms with Gasteiger partial charge in [0.2, 0.25) is 0 Å². The molecule has 0 spiro atoms. The summed E-state index contributed by atoms with van der Waals surface area (Å²) in [5.41, 5.74) is 1.98. The first-order chi connectivity index (χ1) is 12.5. The number of hydrogen-bond donors (Lipinski definition) is 2. The van der Waals surface area contributed by atoms with E-state index in [9.17, 15) is 9.59 Å². The number of carbonyl (C=O) groups excluding carboxylic acids is 2. The first-order valence-corrected chi connectivity index (χ1v) is 10.9. The van der Waals surface area contributed by atoms with Crippen molar-refractivity contribution in [3.05, 3.63) is 11.3 Å². The molecule has 2 atom stereocenters. The van der Waals surface area contributed by atoms with E-state index in [1.165, 1.54) is 0 Å². The monoisotopic (exact) mass is 392 g/mol. The van der Waals surface area contributed by atoms with Crippen LogP contribution in [0.1, 0.15) is 72.1 Å². The minimum absolute atomic E-state index is 0.0517. The van der Waals surface area contributed by atoms with E-state index in [4.69, 9.17) is 0 Å². The van der Waals surface area contributed by atoms with Crippen molar-refractivity contribution in [1.29, 1.82) is 0 Å². The average Bonchev–Trinajstić information content (AvgIpc) is 3.06. The Kier molecular flexibility index (Phi) is 5.36. The highest BCUT2D eigenvalue weighted by atomic mass is 32.2. The van der Waals surface area contributed by atoms with Crippen LogP contribution in [0, 0.1) is 11.3 Å². The van der Waals surface area contributed by atoms with Gasteiger partial charge >= 0.3 is 11.8 Å². The second-order valence-corrected chi connectivity index (χ2v) is 10.9. The number of aromatic nitrogens is 2. The van der Waals surface area contributed by atoms with E-state index >= 15 is 0 Å². The highest BCUT2D eigenvalue weighted by molar-refractivity contribution is 7.98. The smallest absolute Gasteiger partial charge is 0.314 e. The molecule has 1 aromatic rings. The number of carbonyl (C=O) groups is 2. The summed E-state index contributed by atoms with van der Waals surface area (Å²) >= 11 is 1.78. The number of amides is 2. The van der Waals surface area contributed by atoms with Gasteiger partial charge in [-0.2, -0.15) is 16.9 Å². The molecule has 2 N–H and O–H groups in total. The fourth-order valence-electron chi connectivity index (χ4n) is 4.50. The van der Waals surface area contributed by atoms with E-state index in [-0.39, 0.29) is 17.0 Å². The van der Waals surface area contributed by atoms with E-state index in [1.807, 2.05) is 25.5 Å². The van der Waals surface area contributed by atoms with E-state index in [2.05, 4.69) is 36.5 Å². The normalized spacial score (nSPS) is 24.4. The van der Waals surface area contributed by atoms with Gasteiger partial charge in [-0.15, -0.1) is 0 Å². The fraction of sp³-hybridized carbons (Fsp3) is 0.750. The summed E-state index contributed by atoms with van der Waals surface area (Å²) in [5.74, 6) is 1.73. The van der Waals surface area contributed by atoms with Gasteiger partial charge in [0.1, 0.15) is 5.82 Å². The molecule has 2 heterocycles. The maximum Gasteiger partial charge on any atom is 0.314 e. The zero-order valence-electron chi connectivity index (χ0n) is 17.3. The van der Waals surface area contributed by atoms with Crippen LogP contribution in [-0.4, -0.2) is 27.6 Å². The number of nitrogens with zero attached hydrogens (tertiary/aromatic N) is 2. The van der Waals surface area contributed by atoms with Crippen LogP contribution in [0.3, 0.4) is 0 Å². The molecule has 0 saturated heterocycles. The van der Waals surface area contributed by atoms with Crippen LogP contribution in [0.15, 0.2) is 0 Å². The van der Waals surface area contributed by atoms with Gasteiger partial charge in [-0.3, -0.25) is 9.59 Å². The van der Waals surface area contributed by atoms with Gasteiger partial charge in [0.15, 0.2) is 0 Å². The van der Waals surface area contributed by atoms with E-state index in [0.717, 1.165) is 42.0 Å². The summed E-state index contributed by atoms with van der Waals surface area (Å²) in [5, 5.41) is 10.5. The van der Waals surface area contributed by atoms with Gasteiger partial charge in [0.05, 0.1) is 11.2 Å². The summed E-state index contributed by atoms with van der Waals surface area (Å²) in [6.45, 7) is 12.8. The molecule has 1 aliphatic heterocycles. The summed E-state index contributed by atoms with van der Waals surface area (Å²) < 4.78 is 1.84. The van der Waals surface area contributed by atoms with Crippen LogP contribution < -0.4 is 10.6 Å². The Morgan fingerprint density at radius 1 is 1.19 bits per heavy atom. The minimum atomic E-state index is -0.601. The highest BCUT2D eigenvalue weighted by Gasteiger charge is 2.34. The molecule has 0 aromatic carbocycles. The van der Waals surface area contributed by atoms with Crippen LogP contribution in [0.25, 0.3) is 0 Å². The largest absolute Gasteiger partial charge is 0.345 e. The minimum Gasteiger partial charge on any atom is -0.345 e. The molecule has 27 heavy (non-hydrogen) atoms. The van der Waals surface area contributed by atoms with Gasteiger partial charge in [-0.05, 0) is 51.4 Å². The third kappa shape index (κ3) is 4.50. The van der Waals surface area contributed by atoms with E-state index in [0.29, 0.717) is 11.7 Å². The molecule has 1 saturated carbocycles. The molecule has 6 nitrogen and oxygen atoms in total. The molecule has 1 aliphatic carbocycles. The van der Waals surface area contributed by atoms with E-state index in [1.54, 1.807) is 11.8 Å². The van der Waals surface area contributed by atoms with E-state index < -0.39 is 11.8 Å². The lowest BCUT2D eigenvalue weighted by atomic mass is 9.70. The zero-order chi connectivity index (χ0) is 20.0. The Bertz CT molecular complexity index is 748. The van der Waals surface area contributed by atoms with Gasteiger partial charge < -0.3 is 10.6 Å². The van der Waals surface area contributed by atoms with Crippen LogP contribution in [-0.2, 0) is 26.6 Å². The van der Waals surface area contributed by atoms with Crippen molar-refractivity contribution in [1.82, 2.24) is 15.1 Å². The molecule has 0 unspecified atom stereocenters. The lowest BCUT2D eigenvalue weighted by Gasteiger charge is -2.39. The molecule has 7 heteroatoms. The molecule has 150 valence electrons. The van der Waals surface area contributed by atoms with Crippen molar-refractivity contribution >= 4 is 29.4 Å². The molecule has 1 aromatic heterocycles. The van der Waals surface area contributed by atoms with Crippen LogP contribution >= 0.6 is 11.8 Å². The van der Waals surface area contributed by atoms with Crippen LogP contribution in [0.5, 0.6) is 0 Å². The van der Waals surface area contributed by atoms with Crippen molar-refractivity contribution in [2.75, 3.05) is 5.32 Å². The number of rotatable bonds is 2. The quantitative estimate of drug-likeness (QED) is 0.753. The van der Waals surface area contributed by atoms with Crippen molar-refractivity contribution in [2.45, 2.75) is 83.9 Å². The van der Waals surface area contributed by atoms with Gasteiger partial charge in [0, 0.05) is 23.1 Å². The molecule has 0 bridgehead atoms. The molecule has 2 amide bonds. The Morgan fingerprint density at radius 2 is 1.89 bits per heavy atom. The summed E-state index contributed by atoms with van der Waals surface area (Å²) in [4.78, 5) is 25.2. The van der Waals surface area contributed by atoms with Crippen LogP contribution in [0.2, 0.25) is 0 Å². The fourth-order valence-corrected chi connectivity index (χ4v) is 5.53. The number of nitrogens with one attached hydrogen (secondary N) is 2. The lowest BCUT2D eigenvalue weighted by Crippen LogP contribution is -2.47. The standard InChI is InChI=1S/C20H32N4O2S/c1-12-7-13(9-20(5,6)8-12)21-17(25)18(26)22-16-14-10-27-11-15(14)23-24(16)19(2,3)4/h12-13H,7-11H2,1-6H3,(H,21,25)(H,22,26)/t12-,13+/m0/s1. The van der Waals surface area contributed by atoms with Crippen molar-refractivity contribution in [3.63, 3.8) is 0 Å². The maximum absolute atomic E-state index is 12.6. The summed E-state index contributed by atoms with van der Waals surface area (Å²) in [6.07, 6.45) is 2.98. The Balaban J connectivity index is 1.72. The topological polar surface area (TPSA) is 76.0 Å². The predicted molar refractivity (Wildman–Crippen MR) is 110 cm³/mol. The molecule has 2 aliphatic rings. The first-order valence-electron chi connectivity index (χ1n) is 9.77. The summed E-state index contributed by atoms with van der Waals surface area (Å²) in [7, 11) is 0. The van der Waals surface area contributed by atoms with Crippen LogP contribution in [0.4, 0.5) is 5.82 Å². The second-order valence-electron chi connectivity index (χ2n) is 9.89. The van der Waals surface area contributed by atoms with Gasteiger partial charge in [-0.25, -0.2) is 4.68 Å². The number of hydrogen-bond acceptors (Lipinski definition) is 4. The average molecular weight is 393 g/mol. The molecule has 0 radical (unpaired) electrons. The summed E-state index contributed by atoms with van der Waals surface area (Å²) in [6, 6.07) is 0.0517. The zero-order valence-corrected chi connectivity index (χ0v) is 18.1. The first kappa shape index (κ1) is 20.2. The molecular formula is C20H32N4O2S. The number of thioether (sulfide) groups is 1. The molecular weight excluding hydrogens is 360 g/mol. The van der Waals surface area contributed by atoms with Gasteiger partial charge in [0.25, 0.3) is 0 Å². The predicted octanol–water partition coefficient (Wildman–Crippen LogP) is 3.65. The van der Waals surface area contributed by atoms with Crippen molar-refractivity contribution < 1.29 is 9.59 Å². The third-order valence-electron chi connectivity index (χ3n) is 5.35. The third-order valence-corrected chi connectivity index (χ3v) is 6.32. The molecule has 3 rings (SSSR count). The van der Waals surface area contributed by atoms with Crippen molar-refractivity contribution in [3.8, 4) is 0 Å². The lowest BCUT2D eigenvalue weighted by molar-refractivity contribution is -0.137. The van der Waals surface area contributed by atoms with Gasteiger partial charge in [-0.1, -0.05) is 20.8 Å². The Hall–Kier alpha value is -1.50. The SMILES string of the molecule is C[C@H]1C[C@@H](NC(=O)C(=O)Nc2c3c(nn2C(C)(C)C)CSC3)CC(C)(C)C1. The number of anilines is 1. The number of fused-ring (bicyclic) bond motifs is 1.